The first-order valence-electron chi connectivity index (χ1n) is 6.39. The molecule has 1 aromatic heterocycles. The van der Waals surface area contributed by atoms with Crippen molar-refractivity contribution in [3.63, 3.8) is 0 Å². The summed E-state index contributed by atoms with van der Waals surface area (Å²) in [7, 11) is 1.59. The Balaban J connectivity index is 0.00000441. The van der Waals surface area contributed by atoms with Crippen molar-refractivity contribution in [2.45, 2.75) is 13.1 Å². The Hall–Kier alpha value is -1.38. The molecule has 1 rings (SSSR count). The average Bonchev–Trinajstić information content (AvgIpc) is 2.41. The summed E-state index contributed by atoms with van der Waals surface area (Å²) in [5, 5.41) is 5.64. The van der Waals surface area contributed by atoms with Crippen LogP contribution >= 0.6 is 12.4 Å². The number of aromatic nitrogens is 1. The van der Waals surface area contributed by atoms with Crippen molar-refractivity contribution in [1.29, 1.82) is 0 Å². The molecule has 0 aliphatic heterocycles. The minimum Gasteiger partial charge on any atom is -0.383 e. The van der Waals surface area contributed by atoms with Gasteiger partial charge in [-0.1, -0.05) is 0 Å². The second kappa shape index (κ2) is 9.60. The molecule has 0 spiro atoms. The van der Waals surface area contributed by atoms with E-state index in [-0.39, 0.29) is 23.7 Å². The van der Waals surface area contributed by atoms with Crippen LogP contribution in [0.2, 0.25) is 0 Å². The van der Waals surface area contributed by atoms with Gasteiger partial charge in [-0.25, -0.2) is 4.98 Å². The Morgan fingerprint density at radius 2 is 1.95 bits per heavy atom. The zero-order valence-electron chi connectivity index (χ0n) is 12.3. The number of pyridine rings is 1. The van der Waals surface area contributed by atoms with Gasteiger partial charge in [0, 0.05) is 26.7 Å². The fourth-order valence-electron chi connectivity index (χ4n) is 1.62. The number of nitrogens with zero attached hydrogens (tertiary/aromatic N) is 1. The van der Waals surface area contributed by atoms with Gasteiger partial charge in [0.2, 0.25) is 0 Å². The summed E-state index contributed by atoms with van der Waals surface area (Å²) in [6.07, 6.45) is -4.51. The van der Waals surface area contributed by atoms with E-state index in [0.717, 1.165) is 12.1 Å². The molecule has 0 aliphatic carbocycles. The van der Waals surface area contributed by atoms with Gasteiger partial charge in [-0.15, -0.1) is 12.4 Å². The number of methoxy groups -OCH3 is 1. The van der Waals surface area contributed by atoms with Crippen molar-refractivity contribution in [1.82, 2.24) is 15.6 Å². The SMILES string of the molecule is COCCNCCNC(=O)c1ccc(C(F)(F)F)nc1C.Cl. The highest BCUT2D eigenvalue weighted by molar-refractivity contribution is 5.95. The number of alkyl halides is 3. The van der Waals surface area contributed by atoms with Gasteiger partial charge < -0.3 is 15.4 Å². The number of carbonyl (C=O) groups excluding carboxylic acids is 1. The topological polar surface area (TPSA) is 63.2 Å². The van der Waals surface area contributed by atoms with Gasteiger partial charge in [0.25, 0.3) is 5.91 Å². The van der Waals surface area contributed by atoms with Crippen LogP contribution in [0.4, 0.5) is 13.2 Å². The van der Waals surface area contributed by atoms with E-state index >= 15 is 0 Å². The third kappa shape index (κ3) is 6.59. The monoisotopic (exact) mass is 341 g/mol. The molecule has 0 fully saturated rings. The normalized spacial score (nSPS) is 11.0. The lowest BCUT2D eigenvalue weighted by molar-refractivity contribution is -0.141. The van der Waals surface area contributed by atoms with Crippen LogP contribution < -0.4 is 10.6 Å². The maximum absolute atomic E-state index is 12.5. The van der Waals surface area contributed by atoms with Gasteiger partial charge in [0.15, 0.2) is 0 Å². The number of hydrogen-bond acceptors (Lipinski definition) is 4. The molecule has 0 radical (unpaired) electrons. The van der Waals surface area contributed by atoms with E-state index in [2.05, 4.69) is 15.6 Å². The van der Waals surface area contributed by atoms with Gasteiger partial charge in [-0.2, -0.15) is 13.2 Å². The highest BCUT2D eigenvalue weighted by atomic mass is 35.5. The van der Waals surface area contributed by atoms with Crippen LogP contribution in [-0.4, -0.2) is 44.2 Å². The number of rotatable bonds is 7. The third-order valence-corrected chi connectivity index (χ3v) is 2.69. The first-order valence-corrected chi connectivity index (χ1v) is 6.39. The average molecular weight is 342 g/mol. The van der Waals surface area contributed by atoms with E-state index < -0.39 is 17.8 Å². The number of halogens is 4. The smallest absolute Gasteiger partial charge is 0.383 e. The molecular formula is C13H19ClF3N3O2. The van der Waals surface area contributed by atoms with E-state index in [1.165, 1.54) is 6.92 Å². The van der Waals surface area contributed by atoms with Crippen LogP contribution in [0.15, 0.2) is 12.1 Å². The fraction of sp³-hybridized carbons (Fsp3) is 0.538. The number of carbonyl (C=O) groups is 1. The molecule has 0 aliphatic rings. The molecule has 1 amide bonds. The van der Waals surface area contributed by atoms with E-state index in [1.54, 1.807) is 7.11 Å². The quantitative estimate of drug-likeness (QED) is 0.742. The standard InChI is InChI=1S/C13H18F3N3O2.ClH/c1-9-10(3-4-11(19-9)13(14,15)16)12(20)18-6-5-17-7-8-21-2;/h3-4,17H,5-8H2,1-2H3,(H,18,20);1H. The van der Waals surface area contributed by atoms with Crippen LogP contribution in [0.25, 0.3) is 0 Å². The Morgan fingerprint density at radius 3 is 2.50 bits per heavy atom. The number of aryl methyl sites for hydroxylation is 1. The molecular weight excluding hydrogens is 323 g/mol. The molecule has 0 bridgehead atoms. The highest BCUT2D eigenvalue weighted by Crippen LogP contribution is 2.28. The largest absolute Gasteiger partial charge is 0.433 e. The summed E-state index contributed by atoms with van der Waals surface area (Å²) in [5.41, 5.74) is -0.813. The first kappa shape index (κ1) is 20.6. The van der Waals surface area contributed by atoms with Crippen LogP contribution in [0.3, 0.4) is 0 Å². The number of amides is 1. The molecule has 0 aromatic carbocycles. The molecule has 0 saturated heterocycles. The van der Waals surface area contributed by atoms with Gasteiger partial charge >= 0.3 is 6.18 Å². The van der Waals surface area contributed by atoms with E-state index in [9.17, 15) is 18.0 Å². The Labute approximate surface area is 133 Å². The van der Waals surface area contributed by atoms with Gasteiger partial charge in [0.1, 0.15) is 5.69 Å². The minimum atomic E-state index is -4.51. The van der Waals surface area contributed by atoms with Crippen molar-refractivity contribution in [2.75, 3.05) is 33.4 Å². The summed E-state index contributed by atoms with van der Waals surface area (Å²) >= 11 is 0. The molecule has 1 aromatic rings. The van der Waals surface area contributed by atoms with Crippen LogP contribution in [0.5, 0.6) is 0 Å². The van der Waals surface area contributed by atoms with E-state index in [0.29, 0.717) is 26.2 Å². The number of hydrogen-bond donors (Lipinski definition) is 2. The third-order valence-electron chi connectivity index (χ3n) is 2.69. The highest BCUT2D eigenvalue weighted by Gasteiger charge is 2.32. The Bertz CT molecular complexity index is 484. The zero-order valence-corrected chi connectivity index (χ0v) is 13.1. The van der Waals surface area contributed by atoms with Crippen molar-refractivity contribution >= 4 is 18.3 Å². The lowest BCUT2D eigenvalue weighted by Gasteiger charge is -2.10. The second-order valence-corrected chi connectivity index (χ2v) is 4.33. The molecule has 0 atom stereocenters. The molecule has 5 nitrogen and oxygen atoms in total. The lowest BCUT2D eigenvalue weighted by atomic mass is 10.1. The molecule has 9 heteroatoms. The summed E-state index contributed by atoms with van der Waals surface area (Å²) in [6.45, 7) is 3.51. The summed E-state index contributed by atoms with van der Waals surface area (Å²) in [5.74, 6) is -0.442. The summed E-state index contributed by atoms with van der Waals surface area (Å²) in [6, 6.07) is 1.94. The van der Waals surface area contributed by atoms with Crippen LogP contribution in [0, 0.1) is 6.92 Å². The first-order chi connectivity index (χ1) is 9.86. The molecule has 1 heterocycles. The predicted octanol–water partition coefficient (Wildman–Crippen LogP) is 1.80. The maximum atomic E-state index is 12.5. The van der Waals surface area contributed by atoms with Gasteiger partial charge in [-0.3, -0.25) is 4.79 Å². The summed E-state index contributed by atoms with van der Waals surface area (Å²) in [4.78, 5) is 15.2. The lowest BCUT2D eigenvalue weighted by Crippen LogP contribution is -2.33. The molecule has 0 unspecified atom stereocenters. The Kier molecular flexibility index (Phi) is 9.00. The van der Waals surface area contributed by atoms with Crippen molar-refractivity contribution < 1.29 is 22.7 Å². The number of ether oxygens (including phenoxy) is 1. The van der Waals surface area contributed by atoms with Crippen molar-refractivity contribution in [3.8, 4) is 0 Å². The fourth-order valence-corrected chi connectivity index (χ4v) is 1.62. The van der Waals surface area contributed by atoms with Gasteiger partial charge in [0.05, 0.1) is 17.9 Å². The molecule has 0 saturated carbocycles. The summed E-state index contributed by atoms with van der Waals surface area (Å²) < 4.78 is 42.3. The van der Waals surface area contributed by atoms with Crippen LogP contribution in [0.1, 0.15) is 21.7 Å². The van der Waals surface area contributed by atoms with Gasteiger partial charge in [-0.05, 0) is 19.1 Å². The zero-order chi connectivity index (χ0) is 15.9. The minimum absolute atomic E-state index is 0. The van der Waals surface area contributed by atoms with Crippen LogP contribution in [-0.2, 0) is 10.9 Å². The Morgan fingerprint density at radius 1 is 1.27 bits per heavy atom. The predicted molar refractivity (Wildman–Crippen MR) is 78.3 cm³/mol. The number of nitrogens with one attached hydrogen (secondary N) is 2. The van der Waals surface area contributed by atoms with Crippen molar-refractivity contribution in [2.24, 2.45) is 0 Å². The molecule has 126 valence electrons. The van der Waals surface area contributed by atoms with E-state index in [4.69, 9.17) is 4.74 Å². The van der Waals surface area contributed by atoms with E-state index in [1.807, 2.05) is 0 Å². The maximum Gasteiger partial charge on any atom is 0.433 e. The second-order valence-electron chi connectivity index (χ2n) is 4.33. The molecule has 2 N–H and O–H groups in total. The van der Waals surface area contributed by atoms with Crippen molar-refractivity contribution in [3.05, 3.63) is 29.1 Å². The molecule has 22 heavy (non-hydrogen) atoms.